The first-order chi connectivity index (χ1) is 23.9. The lowest BCUT2D eigenvalue weighted by atomic mass is 9.46. The van der Waals surface area contributed by atoms with Gasteiger partial charge in [-0.1, -0.05) is 117 Å². The monoisotopic (exact) mass is 691 g/mol. The van der Waals surface area contributed by atoms with Gasteiger partial charge in [-0.3, -0.25) is 4.79 Å². The lowest BCUT2D eigenvalue weighted by Crippen LogP contribution is -2.55. The summed E-state index contributed by atoms with van der Waals surface area (Å²) >= 11 is 0. The molecule has 0 aliphatic heterocycles. The zero-order chi connectivity index (χ0) is 36.0. The van der Waals surface area contributed by atoms with Crippen molar-refractivity contribution in [2.75, 3.05) is 0 Å². The second kappa shape index (κ2) is 17.2. The summed E-state index contributed by atoms with van der Waals surface area (Å²) in [7, 11) is 0. The van der Waals surface area contributed by atoms with Crippen LogP contribution in [0.1, 0.15) is 189 Å². The van der Waals surface area contributed by atoms with Gasteiger partial charge in [-0.15, -0.1) is 0 Å². The Hall–Kier alpha value is -1.35. The first-order valence-electron chi connectivity index (χ1n) is 21.8. The van der Waals surface area contributed by atoms with Crippen molar-refractivity contribution in [1.29, 1.82) is 0 Å². The van der Waals surface area contributed by atoms with Crippen LogP contribution in [-0.4, -0.2) is 23.3 Å². The molecule has 0 aromatic rings. The summed E-state index contributed by atoms with van der Waals surface area (Å²) in [4.78, 5) is 13.1. The van der Waals surface area contributed by atoms with Gasteiger partial charge in [-0.2, -0.15) is 0 Å². The minimum absolute atomic E-state index is 0.0484. The molecule has 0 aromatic heterocycles. The number of ether oxygens (including phenoxy) is 1. The Morgan fingerprint density at radius 2 is 1.60 bits per heavy atom. The van der Waals surface area contributed by atoms with E-state index >= 15 is 0 Å². The van der Waals surface area contributed by atoms with Gasteiger partial charge in [-0.05, 0) is 149 Å². The zero-order valence-corrected chi connectivity index (χ0v) is 33.6. The first-order valence-corrected chi connectivity index (χ1v) is 21.8. The van der Waals surface area contributed by atoms with Crippen molar-refractivity contribution < 1.29 is 14.6 Å². The van der Waals surface area contributed by atoms with Gasteiger partial charge in [0.2, 0.25) is 0 Å². The van der Waals surface area contributed by atoms with Crippen LogP contribution >= 0.6 is 0 Å². The standard InChI is InChI=1S/C47H78O3/c1-8-9-17-23-38(48)24-18-15-13-11-10-12-14-16-19-25-43(49)50-42-30-31-47-34-46(47)33-32-45(7)37(22-20-21-36(4)35(2)3)26-27-39(45)40(46)28-29-41(47)44(42,5)6/h13,15,18,24,35,37-42,48H,4,8-12,14,16-17,19-23,25-34H2,1-3,5-7H3/b15-13+,24-18+/t37-,38-,39+,40-,41-,42-,45+,46-,47+/m0/s1. The van der Waals surface area contributed by atoms with Gasteiger partial charge in [0.25, 0.3) is 0 Å². The van der Waals surface area contributed by atoms with Crippen molar-refractivity contribution >= 4 is 5.97 Å². The number of aliphatic hydroxyl groups excluding tert-OH is 1. The molecule has 5 rings (SSSR count). The van der Waals surface area contributed by atoms with E-state index in [0.29, 0.717) is 34.5 Å². The maximum Gasteiger partial charge on any atom is 0.306 e. The Kier molecular flexibility index (Phi) is 13.7. The topological polar surface area (TPSA) is 46.5 Å². The Balaban J connectivity index is 1.01. The molecule has 5 aliphatic rings. The highest BCUT2D eigenvalue weighted by atomic mass is 16.5. The molecule has 0 aromatic carbocycles. The molecule has 50 heavy (non-hydrogen) atoms. The van der Waals surface area contributed by atoms with Gasteiger partial charge in [-0.25, -0.2) is 0 Å². The molecule has 5 saturated carbocycles. The van der Waals surface area contributed by atoms with E-state index in [-0.39, 0.29) is 23.6 Å². The van der Waals surface area contributed by atoms with Crippen LogP contribution < -0.4 is 0 Å². The van der Waals surface area contributed by atoms with E-state index in [0.717, 1.165) is 56.3 Å². The van der Waals surface area contributed by atoms with E-state index in [1.54, 1.807) is 0 Å². The van der Waals surface area contributed by atoms with Gasteiger partial charge in [0.05, 0.1) is 6.10 Å². The van der Waals surface area contributed by atoms with Gasteiger partial charge in [0.1, 0.15) is 6.10 Å². The summed E-state index contributed by atoms with van der Waals surface area (Å²) in [6.07, 6.45) is 36.1. The molecular weight excluding hydrogens is 613 g/mol. The number of hydrogen-bond acceptors (Lipinski definition) is 3. The van der Waals surface area contributed by atoms with E-state index in [9.17, 15) is 9.90 Å². The number of carbonyl (C=O) groups is 1. The third kappa shape index (κ3) is 8.39. The fraction of sp³-hybridized carbons (Fsp3) is 0.851. The third-order valence-corrected chi connectivity index (χ3v) is 16.0. The van der Waals surface area contributed by atoms with Gasteiger partial charge < -0.3 is 9.84 Å². The maximum absolute atomic E-state index is 13.1. The normalized spacial score (nSPS) is 36.2. The highest BCUT2D eigenvalue weighted by molar-refractivity contribution is 5.69. The summed E-state index contributed by atoms with van der Waals surface area (Å²) < 4.78 is 6.37. The smallest absolute Gasteiger partial charge is 0.306 e. The summed E-state index contributed by atoms with van der Waals surface area (Å²) in [6, 6.07) is 0. The minimum Gasteiger partial charge on any atom is -0.462 e. The predicted octanol–water partition coefficient (Wildman–Crippen LogP) is 13.1. The minimum atomic E-state index is -0.311. The van der Waals surface area contributed by atoms with Crippen LogP contribution in [0.25, 0.3) is 0 Å². The number of fused-ring (bicyclic) bond motifs is 2. The number of hydrogen-bond donors (Lipinski definition) is 1. The van der Waals surface area contributed by atoms with Crippen LogP contribution in [0.15, 0.2) is 36.5 Å². The van der Waals surface area contributed by atoms with E-state index in [1.807, 2.05) is 12.2 Å². The van der Waals surface area contributed by atoms with Crippen molar-refractivity contribution in [2.24, 2.45) is 51.2 Å². The number of esters is 1. The summed E-state index contributed by atoms with van der Waals surface area (Å²) in [5.41, 5.74) is 3.20. The van der Waals surface area contributed by atoms with E-state index in [4.69, 9.17) is 4.74 Å². The van der Waals surface area contributed by atoms with Crippen LogP contribution in [0.3, 0.4) is 0 Å². The SMILES string of the molecule is C=C(CCC[C@H]1CC[C@@H]2[C@@H]3CC[C@H]4C(C)(C)[C@@H](OC(=O)CCCCCCC/C=C/C=C/[C@@H](O)CCCCC)CC[C@@]45C[C@@]35CC[C@]12C)C(C)C. The van der Waals surface area contributed by atoms with Crippen LogP contribution in [0.4, 0.5) is 0 Å². The largest absolute Gasteiger partial charge is 0.462 e. The zero-order valence-electron chi connectivity index (χ0n) is 33.6. The van der Waals surface area contributed by atoms with Crippen LogP contribution in [-0.2, 0) is 9.53 Å². The highest BCUT2D eigenvalue weighted by Crippen LogP contribution is 2.87. The molecule has 9 atom stereocenters. The van der Waals surface area contributed by atoms with E-state index in [2.05, 4.69) is 60.3 Å². The molecule has 1 N–H and O–H groups in total. The number of aliphatic hydroxyl groups is 1. The lowest BCUT2D eigenvalue weighted by molar-refractivity contribution is -0.175. The highest BCUT2D eigenvalue weighted by Gasteiger charge is 2.80. The molecule has 2 spiro atoms. The Morgan fingerprint density at radius 1 is 0.840 bits per heavy atom. The average molecular weight is 691 g/mol. The molecule has 0 heterocycles. The van der Waals surface area contributed by atoms with Crippen LogP contribution in [0, 0.1) is 51.2 Å². The van der Waals surface area contributed by atoms with Crippen LogP contribution in [0.5, 0.6) is 0 Å². The summed E-state index contributed by atoms with van der Waals surface area (Å²) in [5, 5.41) is 9.97. The van der Waals surface area contributed by atoms with Crippen molar-refractivity contribution in [3.63, 3.8) is 0 Å². The lowest BCUT2D eigenvalue weighted by Gasteiger charge is -2.59. The fourth-order valence-electron chi connectivity index (χ4n) is 12.9. The molecule has 284 valence electrons. The van der Waals surface area contributed by atoms with Gasteiger partial charge in [0, 0.05) is 11.8 Å². The number of allylic oxidation sites excluding steroid dienone is 4. The van der Waals surface area contributed by atoms with Crippen molar-refractivity contribution in [1.82, 2.24) is 0 Å². The third-order valence-electron chi connectivity index (χ3n) is 16.0. The summed E-state index contributed by atoms with van der Waals surface area (Å²) in [5.74, 6) is 4.17. The molecule has 0 amide bonds. The van der Waals surface area contributed by atoms with Gasteiger partial charge in [0.15, 0.2) is 0 Å². The fourth-order valence-corrected chi connectivity index (χ4v) is 12.9. The molecule has 0 unspecified atom stereocenters. The number of unbranched alkanes of at least 4 members (excludes halogenated alkanes) is 7. The predicted molar refractivity (Wildman–Crippen MR) is 211 cm³/mol. The molecule has 5 aliphatic carbocycles. The second-order valence-corrected chi connectivity index (χ2v) is 19.3. The quantitative estimate of drug-likeness (QED) is 0.0598. The van der Waals surface area contributed by atoms with Crippen LogP contribution in [0.2, 0.25) is 0 Å². The Morgan fingerprint density at radius 3 is 2.38 bits per heavy atom. The molecule has 0 saturated heterocycles. The Labute approximate surface area is 308 Å². The second-order valence-electron chi connectivity index (χ2n) is 19.3. The van der Waals surface area contributed by atoms with E-state index < -0.39 is 0 Å². The number of rotatable bonds is 20. The molecule has 5 fully saturated rings. The maximum atomic E-state index is 13.1. The first kappa shape index (κ1) is 39.8. The Bertz CT molecular complexity index is 1180. The molecule has 0 bridgehead atoms. The van der Waals surface area contributed by atoms with Crippen molar-refractivity contribution in [3.8, 4) is 0 Å². The van der Waals surface area contributed by atoms with Crippen molar-refractivity contribution in [3.05, 3.63) is 36.5 Å². The summed E-state index contributed by atoms with van der Waals surface area (Å²) in [6.45, 7) is 18.8. The molecular formula is C47H78O3. The number of carbonyl (C=O) groups excluding carboxylic acids is 1. The molecule has 3 heteroatoms. The molecule has 0 radical (unpaired) electrons. The van der Waals surface area contributed by atoms with Gasteiger partial charge >= 0.3 is 5.97 Å². The van der Waals surface area contributed by atoms with Crippen molar-refractivity contribution in [2.45, 2.75) is 201 Å². The molecule has 3 nitrogen and oxygen atoms in total. The van der Waals surface area contributed by atoms with E-state index in [1.165, 1.54) is 108 Å². The average Bonchev–Trinajstić information content (AvgIpc) is 3.63.